The lowest BCUT2D eigenvalue weighted by molar-refractivity contribution is -0.135. The molecule has 2 aromatic carbocycles. The number of likely N-dealkylation sites (N-methyl/N-ethyl adjacent to an activating group) is 1. The molecule has 3 aromatic rings. The molecule has 0 bridgehead atoms. The zero-order valence-corrected chi connectivity index (χ0v) is 20.2. The number of likely N-dealkylation sites (tertiary alicyclic amines) is 1. The van der Waals surface area contributed by atoms with Crippen molar-refractivity contribution in [3.8, 4) is 17.1 Å². The molecule has 1 aromatic heterocycles. The predicted molar refractivity (Wildman–Crippen MR) is 134 cm³/mol. The van der Waals surface area contributed by atoms with Gasteiger partial charge in [0.1, 0.15) is 0 Å². The molecule has 7 heteroatoms. The maximum absolute atomic E-state index is 12.7. The van der Waals surface area contributed by atoms with Gasteiger partial charge in [-0.3, -0.25) is 9.69 Å². The summed E-state index contributed by atoms with van der Waals surface area (Å²) in [6, 6.07) is 19.6. The van der Waals surface area contributed by atoms with Gasteiger partial charge in [-0.05, 0) is 43.4 Å². The van der Waals surface area contributed by atoms with Crippen LogP contribution in [0.1, 0.15) is 29.8 Å². The van der Waals surface area contributed by atoms with E-state index in [-0.39, 0.29) is 24.6 Å². The largest absolute Gasteiger partial charge is 0.453 e. The summed E-state index contributed by atoms with van der Waals surface area (Å²) in [5.74, 6) is -0.0642. The van der Waals surface area contributed by atoms with E-state index in [1.807, 2.05) is 18.0 Å². The molecule has 0 unspecified atom stereocenters. The first-order valence-electron chi connectivity index (χ1n) is 11.8. The standard InChI is InChI=1S/C27H33N5O2/c1-19-26(28)20(2)30-27(29-19)34-18-25(33)31(3)24-13-15-32(16-14-24)17-21-9-11-23(12-10-21)22-7-5-4-6-8-22/h4-12,24H,13-18,28H2,1-3H3. The summed E-state index contributed by atoms with van der Waals surface area (Å²) in [4.78, 5) is 25.4. The number of benzene rings is 2. The number of nitrogen functional groups attached to an aromatic ring is 1. The van der Waals surface area contributed by atoms with Crippen LogP contribution in [0.25, 0.3) is 11.1 Å². The molecular weight excluding hydrogens is 426 g/mol. The van der Waals surface area contributed by atoms with Gasteiger partial charge in [-0.25, -0.2) is 0 Å². The zero-order valence-electron chi connectivity index (χ0n) is 20.2. The van der Waals surface area contributed by atoms with Crippen LogP contribution in [0, 0.1) is 13.8 Å². The number of nitrogens with two attached hydrogens (primary N) is 1. The third kappa shape index (κ3) is 5.72. The first-order chi connectivity index (χ1) is 16.4. The third-order valence-corrected chi connectivity index (χ3v) is 6.60. The minimum Gasteiger partial charge on any atom is -0.453 e. The number of carbonyl (C=O) groups is 1. The number of anilines is 1. The Labute approximate surface area is 201 Å². The molecule has 178 valence electrons. The fourth-order valence-electron chi connectivity index (χ4n) is 4.35. The quantitative estimate of drug-likeness (QED) is 0.578. The molecule has 2 N–H and O–H groups in total. The summed E-state index contributed by atoms with van der Waals surface area (Å²) >= 11 is 0. The van der Waals surface area contributed by atoms with Crippen LogP contribution in [0.4, 0.5) is 5.69 Å². The van der Waals surface area contributed by atoms with Crippen molar-refractivity contribution in [1.82, 2.24) is 19.8 Å². The van der Waals surface area contributed by atoms with Crippen LogP contribution in [0.3, 0.4) is 0 Å². The van der Waals surface area contributed by atoms with Crippen LogP contribution in [-0.2, 0) is 11.3 Å². The second kappa shape index (κ2) is 10.7. The monoisotopic (exact) mass is 459 g/mol. The molecular formula is C27H33N5O2. The van der Waals surface area contributed by atoms with Crippen molar-refractivity contribution < 1.29 is 9.53 Å². The third-order valence-electron chi connectivity index (χ3n) is 6.60. The van der Waals surface area contributed by atoms with Crippen molar-refractivity contribution in [1.29, 1.82) is 0 Å². The van der Waals surface area contributed by atoms with Gasteiger partial charge in [-0.15, -0.1) is 0 Å². The fourth-order valence-corrected chi connectivity index (χ4v) is 4.35. The minimum atomic E-state index is -0.0761. The minimum absolute atomic E-state index is 0.0642. The molecule has 0 saturated carbocycles. The summed E-state index contributed by atoms with van der Waals surface area (Å²) in [5, 5.41) is 0. The van der Waals surface area contributed by atoms with Crippen molar-refractivity contribution in [3.63, 3.8) is 0 Å². The normalized spacial score (nSPS) is 14.7. The number of carbonyl (C=O) groups excluding carboxylic acids is 1. The lowest BCUT2D eigenvalue weighted by Crippen LogP contribution is -2.46. The predicted octanol–water partition coefficient (Wildman–Crippen LogP) is 3.84. The van der Waals surface area contributed by atoms with Gasteiger partial charge in [-0.1, -0.05) is 54.6 Å². The van der Waals surface area contributed by atoms with Gasteiger partial charge in [0.15, 0.2) is 6.61 Å². The molecule has 1 saturated heterocycles. The SMILES string of the molecule is Cc1nc(OCC(=O)N(C)C2CCN(Cc3ccc(-c4ccccc4)cc3)CC2)nc(C)c1N. The molecule has 0 radical (unpaired) electrons. The first-order valence-corrected chi connectivity index (χ1v) is 11.8. The number of piperidine rings is 1. The highest BCUT2D eigenvalue weighted by molar-refractivity contribution is 5.77. The van der Waals surface area contributed by atoms with E-state index in [0.717, 1.165) is 32.5 Å². The number of nitrogens with zero attached hydrogens (tertiary/aromatic N) is 4. The van der Waals surface area contributed by atoms with Crippen molar-refractivity contribution in [2.24, 2.45) is 0 Å². The van der Waals surface area contributed by atoms with E-state index in [9.17, 15) is 4.79 Å². The Bertz CT molecular complexity index is 1090. The van der Waals surface area contributed by atoms with Crippen molar-refractivity contribution in [2.45, 2.75) is 39.3 Å². The lowest BCUT2D eigenvalue weighted by Gasteiger charge is -2.36. The number of hydrogen-bond acceptors (Lipinski definition) is 6. The van der Waals surface area contributed by atoms with E-state index in [0.29, 0.717) is 17.1 Å². The van der Waals surface area contributed by atoms with Gasteiger partial charge in [0.2, 0.25) is 0 Å². The van der Waals surface area contributed by atoms with Gasteiger partial charge in [0.25, 0.3) is 5.91 Å². The number of amides is 1. The van der Waals surface area contributed by atoms with Gasteiger partial charge in [0, 0.05) is 32.7 Å². The van der Waals surface area contributed by atoms with Crippen molar-refractivity contribution in [3.05, 3.63) is 71.5 Å². The summed E-state index contributed by atoms with van der Waals surface area (Å²) in [5.41, 5.74) is 11.5. The number of ether oxygens (including phenoxy) is 1. The van der Waals surface area contributed by atoms with Crippen LogP contribution in [-0.4, -0.2) is 58.5 Å². The Balaban J connectivity index is 1.24. The highest BCUT2D eigenvalue weighted by Crippen LogP contribution is 2.22. The van der Waals surface area contributed by atoms with Gasteiger partial charge < -0.3 is 15.4 Å². The Morgan fingerprint density at radius 1 is 1.00 bits per heavy atom. The number of aromatic nitrogens is 2. The Morgan fingerprint density at radius 2 is 1.59 bits per heavy atom. The Hall–Kier alpha value is -3.45. The van der Waals surface area contributed by atoms with E-state index in [2.05, 4.69) is 63.4 Å². The lowest BCUT2D eigenvalue weighted by atomic mass is 10.0. The van der Waals surface area contributed by atoms with E-state index in [4.69, 9.17) is 10.5 Å². The molecule has 1 aliphatic rings. The van der Waals surface area contributed by atoms with Crippen LogP contribution in [0.2, 0.25) is 0 Å². The molecule has 2 heterocycles. The van der Waals surface area contributed by atoms with E-state index in [1.54, 1.807) is 13.8 Å². The number of hydrogen-bond donors (Lipinski definition) is 1. The van der Waals surface area contributed by atoms with Gasteiger partial charge >= 0.3 is 6.01 Å². The molecule has 0 spiro atoms. The van der Waals surface area contributed by atoms with E-state index >= 15 is 0 Å². The summed E-state index contributed by atoms with van der Waals surface area (Å²) in [6.07, 6.45) is 1.89. The molecule has 0 aliphatic carbocycles. The highest BCUT2D eigenvalue weighted by Gasteiger charge is 2.26. The summed E-state index contributed by atoms with van der Waals surface area (Å²) in [6.45, 7) is 6.38. The maximum atomic E-state index is 12.7. The second-order valence-electron chi connectivity index (χ2n) is 8.95. The number of rotatable bonds is 7. The van der Waals surface area contributed by atoms with Crippen LogP contribution in [0.15, 0.2) is 54.6 Å². The van der Waals surface area contributed by atoms with E-state index in [1.165, 1.54) is 16.7 Å². The van der Waals surface area contributed by atoms with Crippen LogP contribution >= 0.6 is 0 Å². The zero-order chi connectivity index (χ0) is 24.1. The highest BCUT2D eigenvalue weighted by atomic mass is 16.5. The molecule has 0 atom stereocenters. The molecule has 7 nitrogen and oxygen atoms in total. The van der Waals surface area contributed by atoms with Crippen molar-refractivity contribution >= 4 is 11.6 Å². The topological polar surface area (TPSA) is 84.6 Å². The van der Waals surface area contributed by atoms with Gasteiger partial charge in [0.05, 0.1) is 17.1 Å². The first kappa shape index (κ1) is 23.7. The van der Waals surface area contributed by atoms with Crippen LogP contribution < -0.4 is 10.5 Å². The van der Waals surface area contributed by atoms with Crippen molar-refractivity contribution in [2.75, 3.05) is 32.5 Å². The van der Waals surface area contributed by atoms with E-state index < -0.39 is 0 Å². The smallest absolute Gasteiger partial charge is 0.317 e. The fraction of sp³-hybridized carbons (Fsp3) is 0.370. The van der Waals surface area contributed by atoms with Crippen LogP contribution in [0.5, 0.6) is 6.01 Å². The summed E-state index contributed by atoms with van der Waals surface area (Å²) in [7, 11) is 1.86. The molecule has 1 fully saturated rings. The summed E-state index contributed by atoms with van der Waals surface area (Å²) < 4.78 is 5.56. The molecule has 1 aliphatic heterocycles. The Morgan fingerprint density at radius 3 is 2.21 bits per heavy atom. The van der Waals surface area contributed by atoms with Gasteiger partial charge in [-0.2, -0.15) is 9.97 Å². The average molecular weight is 460 g/mol. The second-order valence-corrected chi connectivity index (χ2v) is 8.95. The number of aryl methyl sites for hydroxylation is 2. The molecule has 4 rings (SSSR count). The molecule has 1 amide bonds. The maximum Gasteiger partial charge on any atom is 0.317 e. The Kier molecular flexibility index (Phi) is 7.43. The average Bonchev–Trinajstić information content (AvgIpc) is 2.86. The molecule has 34 heavy (non-hydrogen) atoms.